The van der Waals surface area contributed by atoms with Gasteiger partial charge in [-0.25, -0.2) is 13.8 Å². The molecule has 3 rings (SSSR count). The van der Waals surface area contributed by atoms with Gasteiger partial charge in [0.1, 0.15) is 5.01 Å². The zero-order chi connectivity index (χ0) is 20.1. The minimum Gasteiger partial charge on any atom is -0.455 e. The van der Waals surface area contributed by atoms with E-state index >= 15 is 0 Å². The quantitative estimate of drug-likeness (QED) is 0.630. The molecule has 0 bridgehead atoms. The molecule has 0 saturated carbocycles. The van der Waals surface area contributed by atoms with Gasteiger partial charge in [0, 0.05) is 22.7 Å². The van der Waals surface area contributed by atoms with Crippen molar-refractivity contribution in [2.45, 2.75) is 13.3 Å². The molecular formula is C20H16F2N2O3S. The molecule has 0 aliphatic carbocycles. The van der Waals surface area contributed by atoms with Gasteiger partial charge in [-0.15, -0.1) is 11.3 Å². The number of carbonyl (C=O) groups is 2. The van der Waals surface area contributed by atoms with E-state index in [1.807, 2.05) is 31.2 Å². The van der Waals surface area contributed by atoms with Crippen molar-refractivity contribution in [3.05, 3.63) is 70.7 Å². The first-order valence-electron chi connectivity index (χ1n) is 8.32. The van der Waals surface area contributed by atoms with Gasteiger partial charge >= 0.3 is 5.97 Å². The molecule has 0 aliphatic heterocycles. The molecule has 2 aromatic carbocycles. The number of hydrogen-bond acceptors (Lipinski definition) is 5. The van der Waals surface area contributed by atoms with Crippen LogP contribution in [0.2, 0.25) is 0 Å². The number of esters is 1. The van der Waals surface area contributed by atoms with Crippen molar-refractivity contribution in [3.8, 4) is 10.6 Å². The van der Waals surface area contributed by atoms with E-state index in [2.05, 4.69) is 10.3 Å². The topological polar surface area (TPSA) is 68.3 Å². The average Bonchev–Trinajstić information content (AvgIpc) is 3.11. The number of halogens is 2. The maximum absolute atomic E-state index is 13.1. The molecular weight excluding hydrogens is 386 g/mol. The maximum atomic E-state index is 13.1. The highest BCUT2D eigenvalue weighted by Crippen LogP contribution is 2.24. The van der Waals surface area contributed by atoms with E-state index in [0.29, 0.717) is 5.69 Å². The molecule has 28 heavy (non-hydrogen) atoms. The summed E-state index contributed by atoms with van der Waals surface area (Å²) in [6, 6.07) is 10.8. The zero-order valence-corrected chi connectivity index (χ0v) is 15.7. The number of amides is 1. The fourth-order valence-corrected chi connectivity index (χ4v) is 3.23. The van der Waals surface area contributed by atoms with Crippen LogP contribution in [-0.2, 0) is 20.7 Å². The molecule has 0 saturated heterocycles. The number of nitrogens with zero attached hydrogens (tertiary/aromatic N) is 1. The van der Waals surface area contributed by atoms with Crippen LogP contribution in [0.4, 0.5) is 14.5 Å². The maximum Gasteiger partial charge on any atom is 0.312 e. The Hall–Kier alpha value is -3.13. The predicted molar refractivity (Wildman–Crippen MR) is 102 cm³/mol. The molecule has 144 valence electrons. The highest BCUT2D eigenvalue weighted by atomic mass is 32.1. The van der Waals surface area contributed by atoms with E-state index in [9.17, 15) is 18.4 Å². The van der Waals surface area contributed by atoms with Crippen molar-refractivity contribution in [3.63, 3.8) is 0 Å². The Balaban J connectivity index is 1.50. The second kappa shape index (κ2) is 8.71. The van der Waals surface area contributed by atoms with Crippen LogP contribution in [-0.4, -0.2) is 23.5 Å². The van der Waals surface area contributed by atoms with Gasteiger partial charge in [0.15, 0.2) is 18.2 Å². The summed E-state index contributed by atoms with van der Waals surface area (Å²) in [6.45, 7) is 1.45. The first kappa shape index (κ1) is 19.6. The summed E-state index contributed by atoms with van der Waals surface area (Å²) in [5.41, 5.74) is 2.70. The van der Waals surface area contributed by atoms with E-state index in [4.69, 9.17) is 4.74 Å². The Morgan fingerprint density at radius 3 is 2.71 bits per heavy atom. The first-order valence-corrected chi connectivity index (χ1v) is 9.20. The smallest absolute Gasteiger partial charge is 0.312 e. The summed E-state index contributed by atoms with van der Waals surface area (Å²) in [6.07, 6.45) is -0.0687. The van der Waals surface area contributed by atoms with Crippen LogP contribution in [0.3, 0.4) is 0 Å². The van der Waals surface area contributed by atoms with Gasteiger partial charge in [0.25, 0.3) is 5.91 Å². The number of carbonyl (C=O) groups excluding carboxylic acids is 2. The molecule has 0 fully saturated rings. The molecule has 1 N–H and O–H groups in total. The van der Waals surface area contributed by atoms with E-state index < -0.39 is 30.1 Å². The lowest BCUT2D eigenvalue weighted by Gasteiger charge is -2.06. The highest BCUT2D eigenvalue weighted by molar-refractivity contribution is 7.13. The molecule has 1 amide bonds. The molecule has 5 nitrogen and oxygen atoms in total. The standard InChI is InChI=1S/C20H16F2N2O3S/c1-12-3-2-4-13(7-12)20-24-15(11-28-20)9-19(26)27-10-18(25)23-14-5-6-16(21)17(22)8-14/h2-8,11H,9-10H2,1H3,(H,23,25). The van der Waals surface area contributed by atoms with Crippen molar-refractivity contribution < 1.29 is 23.1 Å². The normalized spacial score (nSPS) is 10.5. The van der Waals surface area contributed by atoms with Gasteiger partial charge in [-0.05, 0) is 25.1 Å². The summed E-state index contributed by atoms with van der Waals surface area (Å²) in [5.74, 6) is -3.36. The van der Waals surface area contributed by atoms with Crippen LogP contribution in [0.15, 0.2) is 47.8 Å². The third-order valence-electron chi connectivity index (χ3n) is 3.71. The fourth-order valence-electron chi connectivity index (χ4n) is 2.41. The average molecular weight is 402 g/mol. The SMILES string of the molecule is Cc1cccc(-c2nc(CC(=O)OCC(=O)Nc3ccc(F)c(F)c3)cs2)c1. The number of ether oxygens (including phenoxy) is 1. The lowest BCUT2D eigenvalue weighted by molar-refractivity contribution is -0.146. The third-order valence-corrected chi connectivity index (χ3v) is 4.65. The molecule has 1 heterocycles. The molecule has 1 aromatic heterocycles. The first-order chi connectivity index (χ1) is 13.4. The Morgan fingerprint density at radius 1 is 1.14 bits per heavy atom. The van der Waals surface area contributed by atoms with E-state index in [-0.39, 0.29) is 12.1 Å². The van der Waals surface area contributed by atoms with Gasteiger partial charge in [-0.2, -0.15) is 0 Å². The van der Waals surface area contributed by atoms with Crippen LogP contribution in [0.5, 0.6) is 0 Å². The summed E-state index contributed by atoms with van der Waals surface area (Å²) in [7, 11) is 0. The summed E-state index contributed by atoms with van der Waals surface area (Å²) >= 11 is 1.42. The van der Waals surface area contributed by atoms with Crippen molar-refractivity contribution in [2.24, 2.45) is 0 Å². The van der Waals surface area contributed by atoms with Crippen LogP contribution < -0.4 is 5.32 Å². The van der Waals surface area contributed by atoms with Crippen molar-refractivity contribution in [1.82, 2.24) is 4.98 Å². The number of anilines is 1. The fraction of sp³-hybridized carbons (Fsp3) is 0.150. The number of rotatable bonds is 6. The molecule has 0 aliphatic rings. The highest BCUT2D eigenvalue weighted by Gasteiger charge is 2.13. The largest absolute Gasteiger partial charge is 0.455 e. The van der Waals surface area contributed by atoms with Crippen LogP contribution in [0, 0.1) is 18.6 Å². The lowest BCUT2D eigenvalue weighted by Crippen LogP contribution is -2.21. The second-order valence-corrected chi connectivity index (χ2v) is 6.89. The Bertz CT molecular complexity index is 1020. The number of nitrogens with one attached hydrogen (secondary N) is 1. The van der Waals surface area contributed by atoms with Crippen LogP contribution in [0.1, 0.15) is 11.3 Å². The number of aromatic nitrogens is 1. The number of benzene rings is 2. The zero-order valence-electron chi connectivity index (χ0n) is 14.9. The van der Waals surface area contributed by atoms with Gasteiger partial charge in [0.2, 0.25) is 0 Å². The Morgan fingerprint density at radius 2 is 1.96 bits per heavy atom. The summed E-state index contributed by atoms with van der Waals surface area (Å²) in [4.78, 5) is 28.1. The van der Waals surface area contributed by atoms with E-state index in [0.717, 1.165) is 28.3 Å². The third kappa shape index (κ3) is 5.20. The Labute approximate surface area is 164 Å². The predicted octanol–water partition coefficient (Wildman–Crippen LogP) is 4.12. The van der Waals surface area contributed by atoms with E-state index in [1.54, 1.807) is 5.38 Å². The number of hydrogen-bond donors (Lipinski definition) is 1. The minimum atomic E-state index is -1.08. The second-order valence-electron chi connectivity index (χ2n) is 6.03. The van der Waals surface area contributed by atoms with Gasteiger partial charge < -0.3 is 10.1 Å². The van der Waals surface area contributed by atoms with Crippen molar-refractivity contribution in [2.75, 3.05) is 11.9 Å². The minimum absolute atomic E-state index is 0.0687. The summed E-state index contributed by atoms with van der Waals surface area (Å²) in [5, 5.41) is 4.88. The molecule has 0 radical (unpaired) electrons. The van der Waals surface area contributed by atoms with Crippen molar-refractivity contribution >= 4 is 28.9 Å². The van der Waals surface area contributed by atoms with Crippen molar-refractivity contribution in [1.29, 1.82) is 0 Å². The van der Waals surface area contributed by atoms with E-state index in [1.165, 1.54) is 17.4 Å². The van der Waals surface area contributed by atoms with Gasteiger partial charge in [-0.3, -0.25) is 9.59 Å². The molecule has 0 atom stereocenters. The number of thiazole rings is 1. The lowest BCUT2D eigenvalue weighted by atomic mass is 10.1. The van der Waals surface area contributed by atoms with Crippen LogP contribution in [0.25, 0.3) is 10.6 Å². The summed E-state index contributed by atoms with van der Waals surface area (Å²) < 4.78 is 30.9. The molecule has 0 spiro atoms. The monoisotopic (exact) mass is 402 g/mol. The van der Waals surface area contributed by atoms with Gasteiger partial charge in [-0.1, -0.05) is 23.8 Å². The molecule has 8 heteroatoms. The molecule has 0 unspecified atom stereocenters. The van der Waals surface area contributed by atoms with Gasteiger partial charge in [0.05, 0.1) is 12.1 Å². The Kier molecular flexibility index (Phi) is 6.10. The number of aryl methyl sites for hydroxylation is 1. The molecule has 3 aromatic rings. The van der Waals surface area contributed by atoms with Crippen LogP contribution >= 0.6 is 11.3 Å².